The summed E-state index contributed by atoms with van der Waals surface area (Å²) in [7, 11) is 2.10. The van der Waals surface area contributed by atoms with Gasteiger partial charge in [-0.25, -0.2) is 4.57 Å². The molecule has 0 aliphatic heterocycles. The third-order valence-corrected chi connectivity index (χ3v) is 12.6. The molecule has 0 heterocycles. The lowest BCUT2D eigenvalue weighted by Crippen LogP contribution is -2.51. The molecule has 0 aromatic rings. The van der Waals surface area contributed by atoms with Gasteiger partial charge in [0.1, 0.15) is 13.2 Å². The maximum absolute atomic E-state index is 12.7. The van der Waals surface area contributed by atoms with Crippen molar-refractivity contribution in [3.63, 3.8) is 0 Å². The summed E-state index contributed by atoms with van der Waals surface area (Å²) in [5, 5.41) is 0. The van der Waals surface area contributed by atoms with Gasteiger partial charge in [-0.05, 0) is 97.7 Å². The molecule has 4 rings (SSSR count). The van der Waals surface area contributed by atoms with E-state index in [0.717, 1.165) is 54.8 Å². The number of phosphoric ester groups is 1. The first-order chi connectivity index (χ1) is 17.6. The highest BCUT2D eigenvalue weighted by molar-refractivity contribution is 7.47. The van der Waals surface area contributed by atoms with Crippen molar-refractivity contribution >= 4 is 7.82 Å². The second-order valence-electron chi connectivity index (χ2n) is 15.6. The lowest BCUT2D eigenvalue weighted by Gasteiger charge is -2.58. The topological polar surface area (TPSA) is 55.8 Å². The van der Waals surface area contributed by atoms with Crippen molar-refractivity contribution in [2.75, 3.05) is 34.3 Å². The molecule has 38 heavy (non-hydrogen) atoms. The average Bonchev–Trinajstić information content (AvgIpc) is 3.15. The van der Waals surface area contributed by atoms with Crippen LogP contribution in [0.5, 0.6) is 0 Å². The first-order valence-electron chi connectivity index (χ1n) is 15.8. The van der Waals surface area contributed by atoms with Crippen LogP contribution in [0, 0.1) is 46.3 Å². The molecule has 220 valence electrons. The van der Waals surface area contributed by atoms with Crippen LogP contribution in [0.25, 0.3) is 0 Å². The van der Waals surface area contributed by atoms with Crippen molar-refractivity contribution in [1.82, 2.24) is 0 Å². The van der Waals surface area contributed by atoms with Gasteiger partial charge in [0.15, 0.2) is 0 Å². The Hall–Kier alpha value is -0.190. The molecule has 3 saturated carbocycles. The summed E-state index contributed by atoms with van der Waals surface area (Å²) >= 11 is 0. The van der Waals surface area contributed by atoms with Gasteiger partial charge in [-0.3, -0.25) is 9.05 Å². The first kappa shape index (κ1) is 30.8. The summed E-state index contributed by atoms with van der Waals surface area (Å²) in [4.78, 5) is 10.4. The van der Waals surface area contributed by atoms with E-state index < -0.39 is 7.82 Å². The van der Waals surface area contributed by atoms with Crippen LogP contribution in [-0.4, -0.2) is 49.8 Å². The number of hydrogen-bond donors (Lipinski definition) is 1. The number of rotatable bonds is 11. The fraction of sp³-hybridized carbons (Fsp3) is 0.938. The molecule has 4 aliphatic carbocycles. The number of quaternary nitrogens is 1. The van der Waals surface area contributed by atoms with Crippen LogP contribution in [0.2, 0.25) is 0 Å². The molecular formula is C32H59NO4P+. The quantitative estimate of drug-likeness (QED) is 0.159. The molecule has 5 unspecified atom stereocenters. The Morgan fingerprint density at radius 3 is 2.47 bits per heavy atom. The summed E-state index contributed by atoms with van der Waals surface area (Å²) in [6, 6.07) is 0. The predicted octanol–water partition coefficient (Wildman–Crippen LogP) is 8.24. The molecule has 0 aromatic heterocycles. The van der Waals surface area contributed by atoms with E-state index in [1.807, 2.05) is 21.1 Å². The molecule has 3 fully saturated rings. The SMILES string of the molecule is CC(C)CCC[C@@H](C)C1CC[C@H]2C3CC=C4CC(OP(=O)(O)OCC[N+](C)(C)C)CCC4(C)[C@H]3CC[C@]12C. The summed E-state index contributed by atoms with van der Waals surface area (Å²) in [6.45, 7) is 13.3. The van der Waals surface area contributed by atoms with E-state index in [-0.39, 0.29) is 18.1 Å². The summed E-state index contributed by atoms with van der Waals surface area (Å²) < 4.78 is 24.4. The minimum atomic E-state index is -4.04. The van der Waals surface area contributed by atoms with Gasteiger partial charge in [0.2, 0.25) is 0 Å². The van der Waals surface area contributed by atoms with Gasteiger partial charge in [0.05, 0.1) is 27.2 Å². The van der Waals surface area contributed by atoms with E-state index in [9.17, 15) is 9.46 Å². The molecule has 0 radical (unpaired) electrons. The molecule has 9 atom stereocenters. The molecule has 0 saturated heterocycles. The monoisotopic (exact) mass is 552 g/mol. The van der Waals surface area contributed by atoms with Crippen LogP contribution in [-0.2, 0) is 13.6 Å². The van der Waals surface area contributed by atoms with E-state index in [0.29, 0.717) is 16.4 Å². The Kier molecular flexibility index (Phi) is 9.38. The molecule has 4 aliphatic rings. The second kappa shape index (κ2) is 11.6. The highest BCUT2D eigenvalue weighted by Crippen LogP contribution is 2.67. The third-order valence-electron chi connectivity index (χ3n) is 11.6. The molecule has 6 heteroatoms. The van der Waals surface area contributed by atoms with Crippen molar-refractivity contribution in [2.24, 2.45) is 46.3 Å². The van der Waals surface area contributed by atoms with E-state index >= 15 is 0 Å². The minimum absolute atomic E-state index is 0.217. The molecular weight excluding hydrogens is 493 g/mol. The molecule has 0 aromatic carbocycles. The maximum Gasteiger partial charge on any atom is 0.472 e. The highest BCUT2D eigenvalue weighted by atomic mass is 31.2. The zero-order chi connectivity index (χ0) is 27.9. The van der Waals surface area contributed by atoms with Gasteiger partial charge in [0.25, 0.3) is 0 Å². The van der Waals surface area contributed by atoms with Gasteiger partial charge in [-0.15, -0.1) is 0 Å². The van der Waals surface area contributed by atoms with Crippen LogP contribution in [0.4, 0.5) is 0 Å². The van der Waals surface area contributed by atoms with E-state index in [4.69, 9.17) is 9.05 Å². The van der Waals surface area contributed by atoms with Gasteiger partial charge >= 0.3 is 7.82 Å². The summed E-state index contributed by atoms with van der Waals surface area (Å²) in [6.07, 6.45) is 15.9. The Morgan fingerprint density at radius 1 is 1.05 bits per heavy atom. The fourth-order valence-corrected chi connectivity index (χ4v) is 10.3. The molecule has 5 nitrogen and oxygen atoms in total. The van der Waals surface area contributed by atoms with E-state index in [1.165, 1.54) is 56.9 Å². The normalized spacial score (nSPS) is 39.6. The fourth-order valence-electron chi connectivity index (χ4n) is 9.39. The van der Waals surface area contributed by atoms with Crippen LogP contribution < -0.4 is 0 Å². The van der Waals surface area contributed by atoms with Gasteiger partial charge in [-0.2, -0.15) is 0 Å². The van der Waals surface area contributed by atoms with Gasteiger partial charge < -0.3 is 9.38 Å². The lowest BCUT2D eigenvalue weighted by atomic mass is 9.47. The molecule has 0 amide bonds. The van der Waals surface area contributed by atoms with Crippen molar-refractivity contribution in [1.29, 1.82) is 0 Å². The Morgan fingerprint density at radius 2 is 1.79 bits per heavy atom. The zero-order valence-electron chi connectivity index (χ0n) is 25.9. The predicted molar refractivity (Wildman–Crippen MR) is 157 cm³/mol. The van der Waals surface area contributed by atoms with Gasteiger partial charge in [-0.1, -0.05) is 65.5 Å². The average molecular weight is 553 g/mol. The largest absolute Gasteiger partial charge is 0.472 e. The number of phosphoric acid groups is 1. The van der Waals surface area contributed by atoms with Crippen LogP contribution in [0.1, 0.15) is 105 Å². The van der Waals surface area contributed by atoms with Crippen molar-refractivity contribution in [2.45, 2.75) is 111 Å². The molecule has 1 N–H and O–H groups in total. The first-order valence-corrected chi connectivity index (χ1v) is 17.3. The van der Waals surface area contributed by atoms with E-state index in [2.05, 4.69) is 40.7 Å². The smallest absolute Gasteiger partial charge is 0.329 e. The van der Waals surface area contributed by atoms with Gasteiger partial charge in [0, 0.05) is 0 Å². The standard InChI is InChI=1S/C32H58NO4P/c1-23(2)10-9-11-24(3)28-14-15-29-27-13-12-25-22-26(37-38(34,35)36-21-20-33(6,7)8)16-18-31(25,4)30(27)17-19-32(28,29)5/h12,23-24,26-30H,9-11,13-22H2,1-8H3/p+1/t24-,26?,27?,28?,29+,30+,31?,32-/m1/s1. The third kappa shape index (κ3) is 6.64. The Bertz CT molecular complexity index is 896. The van der Waals surface area contributed by atoms with Crippen LogP contribution in [0.3, 0.4) is 0 Å². The Balaban J connectivity index is 1.38. The maximum atomic E-state index is 12.7. The van der Waals surface area contributed by atoms with Crippen molar-refractivity contribution < 1.29 is 23.0 Å². The number of hydrogen-bond acceptors (Lipinski definition) is 3. The minimum Gasteiger partial charge on any atom is -0.329 e. The second-order valence-corrected chi connectivity index (χ2v) is 17.0. The molecule has 0 bridgehead atoms. The Labute approximate surface area is 234 Å². The number of allylic oxidation sites excluding steroid dienone is 1. The van der Waals surface area contributed by atoms with Crippen molar-refractivity contribution in [3.8, 4) is 0 Å². The summed E-state index contributed by atoms with van der Waals surface area (Å²) in [5.74, 6) is 4.96. The van der Waals surface area contributed by atoms with Crippen LogP contribution in [0.15, 0.2) is 11.6 Å². The van der Waals surface area contributed by atoms with E-state index in [1.54, 1.807) is 0 Å². The molecule has 0 spiro atoms. The highest BCUT2D eigenvalue weighted by Gasteiger charge is 2.59. The number of nitrogens with zero attached hydrogens (tertiary/aromatic N) is 1. The van der Waals surface area contributed by atoms with Crippen molar-refractivity contribution in [3.05, 3.63) is 11.6 Å². The van der Waals surface area contributed by atoms with Crippen LogP contribution >= 0.6 is 7.82 Å². The zero-order valence-corrected chi connectivity index (χ0v) is 26.8. The number of fused-ring (bicyclic) bond motifs is 5. The lowest BCUT2D eigenvalue weighted by molar-refractivity contribution is -0.870. The number of likely N-dealkylation sites (N-methyl/N-ethyl adjacent to an activating group) is 1. The summed E-state index contributed by atoms with van der Waals surface area (Å²) in [5.41, 5.74) is 2.21.